The summed E-state index contributed by atoms with van der Waals surface area (Å²) in [4.78, 5) is 11.6. The van der Waals surface area contributed by atoms with Crippen LogP contribution in [0.5, 0.6) is 0 Å². The first-order valence-electron chi connectivity index (χ1n) is 7.84. The summed E-state index contributed by atoms with van der Waals surface area (Å²) in [6.07, 6.45) is 0. The third-order valence-electron chi connectivity index (χ3n) is 3.20. The molecule has 0 aliphatic heterocycles. The monoisotopic (exact) mass is 468 g/mol. The van der Waals surface area contributed by atoms with Gasteiger partial charge < -0.3 is 5.32 Å². The van der Waals surface area contributed by atoms with Crippen LogP contribution in [0.4, 0.5) is 5.13 Å². The Labute approximate surface area is 176 Å². The number of thioether (sulfide) groups is 1. The molecule has 1 aromatic carbocycles. The van der Waals surface area contributed by atoms with Gasteiger partial charge in [-0.25, -0.2) is 13.1 Å². The van der Waals surface area contributed by atoms with Crippen LogP contribution in [-0.4, -0.2) is 36.8 Å². The molecule has 0 atom stereocenters. The van der Waals surface area contributed by atoms with Crippen LogP contribution >= 0.6 is 46.3 Å². The number of amides is 1. The predicted molar refractivity (Wildman–Crippen MR) is 111 cm³/mol. The maximum atomic E-state index is 12.2. The predicted octanol–water partition coefficient (Wildman–Crippen LogP) is 3.65. The van der Waals surface area contributed by atoms with E-state index in [9.17, 15) is 13.2 Å². The number of halogens is 2. The van der Waals surface area contributed by atoms with Gasteiger partial charge in [-0.1, -0.05) is 54.5 Å². The second-order valence-electron chi connectivity index (χ2n) is 5.70. The van der Waals surface area contributed by atoms with Crippen molar-refractivity contribution in [2.24, 2.45) is 5.92 Å². The Balaban J connectivity index is 1.81. The molecule has 2 aromatic rings. The van der Waals surface area contributed by atoms with E-state index in [1.165, 1.54) is 11.8 Å². The number of hydrogen-bond acceptors (Lipinski definition) is 7. The molecule has 148 valence electrons. The van der Waals surface area contributed by atoms with Crippen LogP contribution in [-0.2, 0) is 20.6 Å². The highest BCUT2D eigenvalue weighted by Crippen LogP contribution is 2.25. The standard InChI is InChI=1S/C15H18Cl2N4O3S3/c1-9(2)13(22)19-14-20-21-15(26-14)27(23,24)18-5-6-25-8-10-3-4-11(16)7-12(10)17/h3-4,7,9,18H,5-6,8H2,1-2H3,(H,19,20,22). The lowest BCUT2D eigenvalue weighted by molar-refractivity contribution is -0.118. The smallest absolute Gasteiger partial charge is 0.269 e. The molecule has 0 saturated carbocycles. The summed E-state index contributed by atoms with van der Waals surface area (Å²) in [6, 6.07) is 5.28. The molecule has 0 fully saturated rings. The number of nitrogens with zero attached hydrogens (tertiary/aromatic N) is 2. The van der Waals surface area contributed by atoms with Crippen molar-refractivity contribution in [1.29, 1.82) is 0 Å². The van der Waals surface area contributed by atoms with Gasteiger partial charge in [0.1, 0.15) is 0 Å². The Morgan fingerprint density at radius 2 is 2.04 bits per heavy atom. The normalized spacial score (nSPS) is 11.7. The highest BCUT2D eigenvalue weighted by molar-refractivity contribution is 7.98. The van der Waals surface area contributed by atoms with Crippen molar-refractivity contribution in [2.45, 2.75) is 23.9 Å². The molecular weight excluding hydrogens is 451 g/mol. The minimum atomic E-state index is -3.77. The molecule has 12 heteroatoms. The molecule has 27 heavy (non-hydrogen) atoms. The van der Waals surface area contributed by atoms with E-state index in [0.29, 0.717) is 21.6 Å². The van der Waals surface area contributed by atoms with E-state index in [0.717, 1.165) is 16.9 Å². The average Bonchev–Trinajstić information content (AvgIpc) is 3.05. The molecule has 0 spiro atoms. The third kappa shape index (κ3) is 6.88. The Hall–Kier alpha value is -0.910. The van der Waals surface area contributed by atoms with Crippen LogP contribution < -0.4 is 10.0 Å². The van der Waals surface area contributed by atoms with Gasteiger partial charge in [0.15, 0.2) is 0 Å². The molecule has 2 N–H and O–H groups in total. The van der Waals surface area contributed by atoms with Crippen molar-refractivity contribution < 1.29 is 13.2 Å². The topological polar surface area (TPSA) is 101 Å². The fraction of sp³-hybridized carbons (Fsp3) is 0.400. The van der Waals surface area contributed by atoms with Crippen molar-refractivity contribution in [2.75, 3.05) is 17.6 Å². The first-order chi connectivity index (χ1) is 12.7. The van der Waals surface area contributed by atoms with Gasteiger partial charge in [0, 0.05) is 34.0 Å². The van der Waals surface area contributed by atoms with Crippen LogP contribution in [0.1, 0.15) is 19.4 Å². The van der Waals surface area contributed by atoms with E-state index < -0.39 is 10.0 Å². The van der Waals surface area contributed by atoms with Gasteiger partial charge in [-0.15, -0.1) is 10.2 Å². The van der Waals surface area contributed by atoms with E-state index in [2.05, 4.69) is 20.2 Å². The molecule has 7 nitrogen and oxygen atoms in total. The summed E-state index contributed by atoms with van der Waals surface area (Å²) >= 11 is 14.3. The lowest BCUT2D eigenvalue weighted by Crippen LogP contribution is -2.26. The van der Waals surface area contributed by atoms with Crippen LogP contribution in [0, 0.1) is 5.92 Å². The number of rotatable bonds is 9. The van der Waals surface area contributed by atoms with Gasteiger partial charge in [0.05, 0.1) is 0 Å². The number of anilines is 1. The molecule has 0 aliphatic carbocycles. The minimum absolute atomic E-state index is 0.154. The van der Waals surface area contributed by atoms with E-state index in [4.69, 9.17) is 23.2 Å². The number of nitrogens with one attached hydrogen (secondary N) is 2. The molecule has 0 radical (unpaired) electrons. The molecule has 0 unspecified atom stereocenters. The lowest BCUT2D eigenvalue weighted by atomic mass is 10.2. The molecule has 0 aliphatic rings. The zero-order valence-corrected chi connectivity index (χ0v) is 18.5. The quantitative estimate of drug-likeness (QED) is 0.430. The number of sulfonamides is 1. The number of carbonyl (C=O) groups excluding carboxylic acids is 1. The van der Waals surface area contributed by atoms with E-state index in [-0.39, 0.29) is 27.8 Å². The second kappa shape index (κ2) is 10.0. The number of carbonyl (C=O) groups is 1. The first-order valence-corrected chi connectivity index (χ1v) is 12.1. The summed E-state index contributed by atoms with van der Waals surface area (Å²) in [5, 5.41) is 11.2. The lowest BCUT2D eigenvalue weighted by Gasteiger charge is -2.06. The molecule has 2 rings (SSSR count). The molecule has 1 amide bonds. The molecule has 1 heterocycles. The average molecular weight is 469 g/mol. The summed E-state index contributed by atoms with van der Waals surface area (Å²) < 4.78 is 26.7. The Morgan fingerprint density at radius 3 is 2.70 bits per heavy atom. The molecular formula is C15H18Cl2N4O3S3. The van der Waals surface area contributed by atoms with Gasteiger partial charge >= 0.3 is 0 Å². The van der Waals surface area contributed by atoms with Gasteiger partial charge in [-0.3, -0.25) is 4.79 Å². The highest BCUT2D eigenvalue weighted by atomic mass is 35.5. The maximum Gasteiger partial charge on any atom is 0.269 e. The fourth-order valence-electron chi connectivity index (χ4n) is 1.75. The summed E-state index contributed by atoms with van der Waals surface area (Å²) in [7, 11) is -3.77. The van der Waals surface area contributed by atoms with Gasteiger partial charge in [-0.05, 0) is 17.7 Å². The van der Waals surface area contributed by atoms with Crippen LogP contribution in [0.2, 0.25) is 10.0 Å². The fourth-order valence-corrected chi connectivity index (χ4v) is 5.27. The Bertz CT molecular complexity index is 903. The molecule has 0 bridgehead atoms. The van der Waals surface area contributed by atoms with Crippen LogP contribution in [0.25, 0.3) is 0 Å². The van der Waals surface area contributed by atoms with E-state index >= 15 is 0 Å². The van der Waals surface area contributed by atoms with E-state index in [1.54, 1.807) is 26.0 Å². The zero-order chi connectivity index (χ0) is 20.0. The first kappa shape index (κ1) is 22.4. The van der Waals surface area contributed by atoms with Crippen molar-refractivity contribution in [3.8, 4) is 0 Å². The van der Waals surface area contributed by atoms with E-state index in [1.807, 2.05) is 6.07 Å². The van der Waals surface area contributed by atoms with Crippen LogP contribution in [0.3, 0.4) is 0 Å². The van der Waals surface area contributed by atoms with Gasteiger partial charge in [0.25, 0.3) is 10.0 Å². The van der Waals surface area contributed by atoms with Crippen molar-refractivity contribution in [1.82, 2.24) is 14.9 Å². The van der Waals surface area contributed by atoms with Crippen molar-refractivity contribution in [3.63, 3.8) is 0 Å². The Morgan fingerprint density at radius 1 is 1.30 bits per heavy atom. The van der Waals surface area contributed by atoms with Gasteiger partial charge in [0.2, 0.25) is 15.4 Å². The third-order valence-corrected chi connectivity index (χ3v) is 7.46. The summed E-state index contributed by atoms with van der Waals surface area (Å²) in [6.45, 7) is 3.68. The number of benzene rings is 1. The summed E-state index contributed by atoms with van der Waals surface area (Å²) in [5.41, 5.74) is 0.934. The minimum Gasteiger partial charge on any atom is -0.300 e. The number of hydrogen-bond donors (Lipinski definition) is 2. The number of aromatic nitrogens is 2. The highest BCUT2D eigenvalue weighted by Gasteiger charge is 2.21. The second-order valence-corrected chi connectivity index (χ2v) is 10.6. The molecule has 1 aromatic heterocycles. The van der Waals surface area contributed by atoms with Crippen molar-refractivity contribution in [3.05, 3.63) is 33.8 Å². The maximum absolute atomic E-state index is 12.2. The largest absolute Gasteiger partial charge is 0.300 e. The van der Waals surface area contributed by atoms with Crippen LogP contribution in [0.15, 0.2) is 22.5 Å². The SMILES string of the molecule is CC(C)C(=O)Nc1nnc(S(=O)(=O)NCCSCc2ccc(Cl)cc2Cl)s1. The van der Waals surface area contributed by atoms with Gasteiger partial charge in [-0.2, -0.15) is 11.8 Å². The zero-order valence-electron chi connectivity index (χ0n) is 14.5. The molecule has 0 saturated heterocycles. The summed E-state index contributed by atoms with van der Waals surface area (Å²) in [5.74, 6) is 0.703. The Kier molecular flexibility index (Phi) is 8.32. The van der Waals surface area contributed by atoms with Crippen molar-refractivity contribution >= 4 is 67.4 Å².